The van der Waals surface area contributed by atoms with Gasteiger partial charge < -0.3 is 0 Å². The highest BCUT2D eigenvalue weighted by Gasteiger charge is 2.19. The Morgan fingerprint density at radius 3 is 2.75 bits per heavy atom. The SMILES string of the molecule is CC(C)n1ncnc1CC(NN)c1cc(F)ccc1F. The van der Waals surface area contributed by atoms with E-state index in [4.69, 9.17) is 5.84 Å². The maximum Gasteiger partial charge on any atom is 0.138 e. The molecular formula is C13H17F2N5. The van der Waals surface area contributed by atoms with E-state index in [0.29, 0.717) is 12.2 Å². The number of halogens is 2. The Bertz CT molecular complexity index is 582. The first-order chi connectivity index (χ1) is 9.52. The average Bonchev–Trinajstić information content (AvgIpc) is 2.87. The summed E-state index contributed by atoms with van der Waals surface area (Å²) in [6.45, 7) is 3.93. The number of nitrogens with one attached hydrogen (secondary N) is 1. The van der Waals surface area contributed by atoms with Crippen LogP contribution in [0.25, 0.3) is 0 Å². The molecule has 108 valence electrons. The van der Waals surface area contributed by atoms with Crippen molar-refractivity contribution in [1.82, 2.24) is 20.2 Å². The lowest BCUT2D eigenvalue weighted by molar-refractivity contribution is 0.455. The lowest BCUT2D eigenvalue weighted by Crippen LogP contribution is -2.31. The quantitative estimate of drug-likeness (QED) is 0.648. The van der Waals surface area contributed by atoms with Crippen LogP contribution in [-0.4, -0.2) is 14.8 Å². The highest BCUT2D eigenvalue weighted by atomic mass is 19.1. The first-order valence-corrected chi connectivity index (χ1v) is 6.32. The number of hydrogen-bond acceptors (Lipinski definition) is 4. The molecule has 2 aromatic rings. The Balaban J connectivity index is 2.29. The number of aromatic nitrogens is 3. The van der Waals surface area contributed by atoms with E-state index in [9.17, 15) is 8.78 Å². The summed E-state index contributed by atoms with van der Waals surface area (Å²) in [4.78, 5) is 4.14. The number of nitrogens with zero attached hydrogens (tertiary/aromatic N) is 3. The predicted octanol–water partition coefficient (Wildman–Crippen LogP) is 1.88. The summed E-state index contributed by atoms with van der Waals surface area (Å²) in [5, 5.41) is 4.11. The molecule has 0 radical (unpaired) electrons. The fraction of sp³-hybridized carbons (Fsp3) is 0.385. The van der Waals surface area contributed by atoms with E-state index in [1.54, 1.807) is 4.68 Å². The fourth-order valence-electron chi connectivity index (χ4n) is 2.07. The van der Waals surface area contributed by atoms with Gasteiger partial charge in [0, 0.05) is 18.0 Å². The van der Waals surface area contributed by atoms with Crippen molar-refractivity contribution in [3.63, 3.8) is 0 Å². The van der Waals surface area contributed by atoms with E-state index in [1.165, 1.54) is 6.33 Å². The van der Waals surface area contributed by atoms with E-state index in [1.807, 2.05) is 13.8 Å². The third kappa shape index (κ3) is 3.00. The third-order valence-corrected chi connectivity index (χ3v) is 3.06. The van der Waals surface area contributed by atoms with Gasteiger partial charge >= 0.3 is 0 Å². The predicted molar refractivity (Wildman–Crippen MR) is 70.5 cm³/mol. The maximum atomic E-state index is 13.8. The largest absolute Gasteiger partial charge is 0.271 e. The molecular weight excluding hydrogens is 264 g/mol. The van der Waals surface area contributed by atoms with Gasteiger partial charge in [0.2, 0.25) is 0 Å². The van der Waals surface area contributed by atoms with Crippen LogP contribution in [0.3, 0.4) is 0 Å². The Labute approximate surface area is 115 Å². The van der Waals surface area contributed by atoms with E-state index >= 15 is 0 Å². The second kappa shape index (κ2) is 6.06. The molecule has 5 nitrogen and oxygen atoms in total. The molecule has 0 amide bonds. The van der Waals surface area contributed by atoms with Crippen LogP contribution in [0, 0.1) is 11.6 Å². The third-order valence-electron chi connectivity index (χ3n) is 3.06. The van der Waals surface area contributed by atoms with Crippen LogP contribution in [-0.2, 0) is 6.42 Å². The molecule has 3 N–H and O–H groups in total. The van der Waals surface area contributed by atoms with Crippen molar-refractivity contribution in [1.29, 1.82) is 0 Å². The zero-order valence-corrected chi connectivity index (χ0v) is 11.3. The zero-order valence-electron chi connectivity index (χ0n) is 11.3. The van der Waals surface area contributed by atoms with Crippen molar-refractivity contribution < 1.29 is 8.78 Å². The standard InChI is InChI=1S/C13H17F2N5/c1-8(2)20-13(17-7-18-20)6-12(19-16)10-5-9(14)3-4-11(10)15/h3-5,7-8,12,19H,6,16H2,1-2H3. The first kappa shape index (κ1) is 14.5. The van der Waals surface area contributed by atoms with Gasteiger partial charge in [0.05, 0.1) is 6.04 Å². The van der Waals surface area contributed by atoms with Crippen LogP contribution in [0.4, 0.5) is 8.78 Å². The molecule has 0 aliphatic heterocycles. The Kier molecular flexibility index (Phi) is 4.41. The highest BCUT2D eigenvalue weighted by molar-refractivity contribution is 5.23. The molecule has 1 heterocycles. The summed E-state index contributed by atoms with van der Waals surface area (Å²) in [5.74, 6) is 5.11. The van der Waals surface area contributed by atoms with Gasteiger partial charge in [-0.05, 0) is 32.0 Å². The van der Waals surface area contributed by atoms with Gasteiger partial charge in [-0.25, -0.2) is 18.4 Å². The molecule has 0 aliphatic rings. The molecule has 1 aromatic heterocycles. The van der Waals surface area contributed by atoms with Gasteiger partial charge in [0.1, 0.15) is 23.8 Å². The first-order valence-electron chi connectivity index (χ1n) is 6.32. The van der Waals surface area contributed by atoms with Gasteiger partial charge in [0.15, 0.2) is 0 Å². The van der Waals surface area contributed by atoms with Crippen LogP contribution in [0.2, 0.25) is 0 Å². The van der Waals surface area contributed by atoms with Crippen LogP contribution >= 0.6 is 0 Å². The van der Waals surface area contributed by atoms with E-state index in [0.717, 1.165) is 18.2 Å². The van der Waals surface area contributed by atoms with Crippen molar-refractivity contribution in [2.45, 2.75) is 32.4 Å². The highest BCUT2D eigenvalue weighted by Crippen LogP contribution is 2.21. The molecule has 2 rings (SSSR count). The molecule has 0 aliphatic carbocycles. The van der Waals surface area contributed by atoms with Crippen LogP contribution < -0.4 is 11.3 Å². The monoisotopic (exact) mass is 281 g/mol. The van der Waals surface area contributed by atoms with Crippen molar-refractivity contribution in [3.8, 4) is 0 Å². The smallest absolute Gasteiger partial charge is 0.138 e. The topological polar surface area (TPSA) is 68.8 Å². The lowest BCUT2D eigenvalue weighted by Gasteiger charge is -2.18. The van der Waals surface area contributed by atoms with Gasteiger partial charge in [-0.3, -0.25) is 11.3 Å². The minimum atomic E-state index is -0.576. The summed E-state index contributed by atoms with van der Waals surface area (Å²) in [5.41, 5.74) is 2.68. The lowest BCUT2D eigenvalue weighted by atomic mass is 10.0. The molecule has 0 fully saturated rings. The number of rotatable bonds is 5. The van der Waals surface area contributed by atoms with Gasteiger partial charge in [-0.1, -0.05) is 0 Å². The van der Waals surface area contributed by atoms with Crippen LogP contribution in [0.5, 0.6) is 0 Å². The van der Waals surface area contributed by atoms with Gasteiger partial charge in [-0.15, -0.1) is 0 Å². The van der Waals surface area contributed by atoms with E-state index in [-0.39, 0.29) is 11.6 Å². The second-order valence-electron chi connectivity index (χ2n) is 4.80. The summed E-state index contributed by atoms with van der Waals surface area (Å²) in [6.07, 6.45) is 1.75. The van der Waals surface area contributed by atoms with Crippen LogP contribution in [0.15, 0.2) is 24.5 Å². The van der Waals surface area contributed by atoms with Crippen molar-refractivity contribution in [2.24, 2.45) is 5.84 Å². The number of benzene rings is 1. The summed E-state index contributed by atoms with van der Waals surface area (Å²) in [7, 11) is 0. The molecule has 0 saturated heterocycles. The molecule has 7 heteroatoms. The fourth-order valence-corrected chi connectivity index (χ4v) is 2.07. The summed E-state index contributed by atoms with van der Waals surface area (Å²) >= 11 is 0. The molecule has 1 atom stereocenters. The van der Waals surface area contributed by atoms with Crippen molar-refractivity contribution in [2.75, 3.05) is 0 Å². The maximum absolute atomic E-state index is 13.8. The molecule has 0 spiro atoms. The molecule has 0 bridgehead atoms. The van der Waals surface area contributed by atoms with E-state index in [2.05, 4.69) is 15.5 Å². The zero-order chi connectivity index (χ0) is 14.7. The number of nitrogens with two attached hydrogens (primary N) is 1. The van der Waals surface area contributed by atoms with Crippen LogP contribution in [0.1, 0.15) is 37.3 Å². The number of hydrazine groups is 1. The Morgan fingerprint density at radius 1 is 1.35 bits per heavy atom. The molecule has 0 saturated carbocycles. The van der Waals surface area contributed by atoms with E-state index < -0.39 is 17.7 Å². The summed E-state index contributed by atoms with van der Waals surface area (Å²) in [6, 6.07) is 2.84. The minimum Gasteiger partial charge on any atom is -0.271 e. The molecule has 20 heavy (non-hydrogen) atoms. The molecule has 1 unspecified atom stereocenters. The average molecular weight is 281 g/mol. The summed E-state index contributed by atoms with van der Waals surface area (Å²) < 4.78 is 28.8. The van der Waals surface area contributed by atoms with Gasteiger partial charge in [-0.2, -0.15) is 5.10 Å². The number of hydrogen-bond donors (Lipinski definition) is 2. The van der Waals surface area contributed by atoms with Gasteiger partial charge in [0.25, 0.3) is 0 Å². The normalized spacial score (nSPS) is 12.9. The van der Waals surface area contributed by atoms with Crippen molar-refractivity contribution in [3.05, 3.63) is 47.5 Å². The minimum absolute atomic E-state index is 0.128. The van der Waals surface area contributed by atoms with Crippen molar-refractivity contribution >= 4 is 0 Å². The Morgan fingerprint density at radius 2 is 2.10 bits per heavy atom. The Hall–Kier alpha value is -1.86. The second-order valence-corrected chi connectivity index (χ2v) is 4.80. The molecule has 1 aromatic carbocycles.